The molecule has 0 saturated carbocycles. The lowest BCUT2D eigenvalue weighted by molar-refractivity contribution is -0.116. The van der Waals surface area contributed by atoms with Gasteiger partial charge in [-0.25, -0.2) is 4.39 Å². The maximum atomic E-state index is 13.2. The maximum Gasteiger partial charge on any atom is 0.224 e. The number of amides is 1. The van der Waals surface area contributed by atoms with E-state index in [1.807, 2.05) is 0 Å². The van der Waals surface area contributed by atoms with E-state index in [1.165, 1.54) is 6.07 Å². The van der Waals surface area contributed by atoms with Gasteiger partial charge in [0.2, 0.25) is 5.91 Å². The molecule has 0 atom stereocenters. The minimum atomic E-state index is -0.330. The lowest BCUT2D eigenvalue weighted by Gasteiger charge is -2.09. The van der Waals surface area contributed by atoms with Crippen LogP contribution in [0.25, 0.3) is 0 Å². The smallest absolute Gasteiger partial charge is 0.224 e. The van der Waals surface area contributed by atoms with Crippen LogP contribution in [-0.2, 0) is 4.79 Å². The molecule has 0 saturated heterocycles. The van der Waals surface area contributed by atoms with Crippen LogP contribution in [0.3, 0.4) is 0 Å². The number of carbonyl (C=O) groups excluding carboxylic acids is 1. The maximum absolute atomic E-state index is 13.2. The summed E-state index contributed by atoms with van der Waals surface area (Å²) in [4.78, 5) is 11.6. The summed E-state index contributed by atoms with van der Waals surface area (Å²) in [7, 11) is 0. The van der Waals surface area contributed by atoms with Crippen molar-refractivity contribution in [3.63, 3.8) is 0 Å². The van der Waals surface area contributed by atoms with Gasteiger partial charge in [-0.2, -0.15) is 0 Å². The number of halogens is 2. The standard InChI is InChI=1S/C12H16BrFN2O/c1-8-6-10(14)9(13)7-11(8)16-12(17)4-2-3-5-15/h6-7H,2-5,15H2,1H3,(H,16,17). The Labute approximate surface area is 109 Å². The number of rotatable bonds is 5. The molecule has 17 heavy (non-hydrogen) atoms. The van der Waals surface area contributed by atoms with Crippen molar-refractivity contribution < 1.29 is 9.18 Å². The summed E-state index contributed by atoms with van der Waals surface area (Å²) in [5.41, 5.74) is 6.69. The van der Waals surface area contributed by atoms with E-state index in [-0.39, 0.29) is 11.7 Å². The zero-order chi connectivity index (χ0) is 12.8. The van der Waals surface area contributed by atoms with Crippen LogP contribution in [0.4, 0.5) is 10.1 Å². The molecule has 3 nitrogen and oxygen atoms in total. The Bertz CT molecular complexity index is 410. The van der Waals surface area contributed by atoms with Crippen LogP contribution in [-0.4, -0.2) is 12.5 Å². The minimum Gasteiger partial charge on any atom is -0.330 e. The molecule has 0 heterocycles. The fourth-order valence-electron chi connectivity index (χ4n) is 1.42. The molecule has 0 aliphatic carbocycles. The Hall–Kier alpha value is -0.940. The molecule has 1 rings (SSSR count). The molecule has 1 amide bonds. The van der Waals surface area contributed by atoms with E-state index in [9.17, 15) is 9.18 Å². The number of nitrogens with one attached hydrogen (secondary N) is 1. The molecule has 0 aliphatic rings. The number of carbonyl (C=O) groups is 1. The molecule has 0 aliphatic heterocycles. The highest BCUT2D eigenvalue weighted by molar-refractivity contribution is 9.10. The van der Waals surface area contributed by atoms with Crippen LogP contribution in [0.1, 0.15) is 24.8 Å². The Morgan fingerprint density at radius 2 is 2.18 bits per heavy atom. The summed E-state index contributed by atoms with van der Waals surface area (Å²) in [5, 5.41) is 2.76. The van der Waals surface area contributed by atoms with Crippen molar-refractivity contribution in [3.8, 4) is 0 Å². The average Bonchev–Trinajstić information content (AvgIpc) is 2.26. The first-order valence-corrected chi connectivity index (χ1v) is 6.29. The summed E-state index contributed by atoms with van der Waals surface area (Å²) in [6.45, 7) is 2.35. The van der Waals surface area contributed by atoms with Gasteiger partial charge in [-0.3, -0.25) is 4.79 Å². The number of hydrogen-bond acceptors (Lipinski definition) is 2. The molecular formula is C12H16BrFN2O. The second-order valence-corrected chi connectivity index (χ2v) is 4.73. The molecule has 3 N–H and O–H groups in total. The van der Waals surface area contributed by atoms with Crippen LogP contribution >= 0.6 is 15.9 Å². The Balaban J connectivity index is 2.62. The third-order valence-corrected chi connectivity index (χ3v) is 3.01. The van der Waals surface area contributed by atoms with Gasteiger partial charge in [0.1, 0.15) is 5.82 Å². The monoisotopic (exact) mass is 302 g/mol. The Morgan fingerprint density at radius 3 is 2.82 bits per heavy atom. The van der Waals surface area contributed by atoms with E-state index >= 15 is 0 Å². The van der Waals surface area contributed by atoms with Gasteiger partial charge >= 0.3 is 0 Å². The average molecular weight is 303 g/mol. The van der Waals surface area contributed by atoms with Crippen LogP contribution in [0, 0.1) is 12.7 Å². The van der Waals surface area contributed by atoms with Gasteiger partial charge in [0, 0.05) is 12.1 Å². The Kier molecular flexibility index (Phi) is 5.58. The third kappa shape index (κ3) is 4.44. The van der Waals surface area contributed by atoms with Gasteiger partial charge in [0.05, 0.1) is 4.47 Å². The zero-order valence-corrected chi connectivity index (χ0v) is 11.3. The fourth-order valence-corrected chi connectivity index (χ4v) is 1.77. The van der Waals surface area contributed by atoms with Crippen LogP contribution in [0.5, 0.6) is 0 Å². The van der Waals surface area contributed by atoms with E-state index in [1.54, 1.807) is 13.0 Å². The Morgan fingerprint density at radius 1 is 1.47 bits per heavy atom. The van der Waals surface area contributed by atoms with Crippen molar-refractivity contribution in [3.05, 3.63) is 28.0 Å². The second-order valence-electron chi connectivity index (χ2n) is 3.88. The van der Waals surface area contributed by atoms with Gasteiger partial charge in [-0.15, -0.1) is 0 Å². The highest BCUT2D eigenvalue weighted by atomic mass is 79.9. The van der Waals surface area contributed by atoms with E-state index in [4.69, 9.17) is 5.73 Å². The van der Waals surface area contributed by atoms with Gasteiger partial charge < -0.3 is 11.1 Å². The first-order chi connectivity index (χ1) is 8.04. The van der Waals surface area contributed by atoms with Crippen molar-refractivity contribution in [2.75, 3.05) is 11.9 Å². The molecule has 0 spiro atoms. The van der Waals surface area contributed by atoms with E-state index in [2.05, 4.69) is 21.2 Å². The number of aryl methyl sites for hydroxylation is 1. The quantitative estimate of drug-likeness (QED) is 0.822. The van der Waals surface area contributed by atoms with E-state index in [0.717, 1.165) is 12.8 Å². The van der Waals surface area contributed by atoms with Crippen molar-refractivity contribution in [1.29, 1.82) is 0 Å². The minimum absolute atomic E-state index is 0.0694. The van der Waals surface area contributed by atoms with Crippen molar-refractivity contribution in [2.24, 2.45) is 5.73 Å². The van der Waals surface area contributed by atoms with Gasteiger partial charge in [0.15, 0.2) is 0 Å². The molecule has 1 aromatic rings. The van der Waals surface area contributed by atoms with Crippen molar-refractivity contribution in [2.45, 2.75) is 26.2 Å². The summed E-state index contributed by atoms with van der Waals surface area (Å²) < 4.78 is 13.5. The summed E-state index contributed by atoms with van der Waals surface area (Å²) in [6.07, 6.45) is 2.04. The zero-order valence-electron chi connectivity index (χ0n) is 9.72. The van der Waals surface area contributed by atoms with E-state index in [0.29, 0.717) is 28.7 Å². The molecule has 0 radical (unpaired) electrons. The largest absolute Gasteiger partial charge is 0.330 e. The predicted molar refractivity (Wildman–Crippen MR) is 70.4 cm³/mol. The van der Waals surface area contributed by atoms with Crippen LogP contribution in [0.2, 0.25) is 0 Å². The molecule has 0 unspecified atom stereocenters. The molecule has 0 aromatic heterocycles. The first kappa shape index (κ1) is 14.1. The van der Waals surface area contributed by atoms with Crippen LogP contribution in [0.15, 0.2) is 16.6 Å². The summed E-state index contributed by atoms with van der Waals surface area (Å²) >= 11 is 3.09. The fraction of sp³-hybridized carbons (Fsp3) is 0.417. The lowest BCUT2D eigenvalue weighted by atomic mass is 10.2. The predicted octanol–water partition coefficient (Wildman–Crippen LogP) is 2.96. The van der Waals surface area contributed by atoms with Gasteiger partial charge in [-0.05, 0) is 59.9 Å². The number of hydrogen-bond donors (Lipinski definition) is 2. The number of unbranched alkanes of at least 4 members (excludes halogenated alkanes) is 1. The van der Waals surface area contributed by atoms with Crippen molar-refractivity contribution >= 4 is 27.5 Å². The topological polar surface area (TPSA) is 55.1 Å². The highest BCUT2D eigenvalue weighted by Gasteiger charge is 2.08. The highest BCUT2D eigenvalue weighted by Crippen LogP contribution is 2.24. The van der Waals surface area contributed by atoms with Gasteiger partial charge in [-0.1, -0.05) is 0 Å². The second kappa shape index (κ2) is 6.71. The van der Waals surface area contributed by atoms with E-state index < -0.39 is 0 Å². The molecule has 0 bridgehead atoms. The number of benzene rings is 1. The third-order valence-electron chi connectivity index (χ3n) is 2.40. The molecule has 1 aromatic carbocycles. The van der Waals surface area contributed by atoms with Crippen LogP contribution < -0.4 is 11.1 Å². The number of anilines is 1. The number of nitrogens with two attached hydrogens (primary N) is 1. The summed E-state index contributed by atoms with van der Waals surface area (Å²) in [5.74, 6) is -0.399. The lowest BCUT2D eigenvalue weighted by Crippen LogP contribution is -2.13. The normalized spacial score (nSPS) is 10.4. The molecule has 0 fully saturated rings. The SMILES string of the molecule is Cc1cc(F)c(Br)cc1NC(=O)CCCCN. The molecule has 5 heteroatoms. The molecular weight excluding hydrogens is 287 g/mol. The summed E-state index contributed by atoms with van der Waals surface area (Å²) in [6, 6.07) is 2.96. The molecule has 94 valence electrons. The van der Waals surface area contributed by atoms with Crippen molar-refractivity contribution in [1.82, 2.24) is 0 Å². The first-order valence-electron chi connectivity index (χ1n) is 5.50. The van der Waals surface area contributed by atoms with Gasteiger partial charge in [0.25, 0.3) is 0 Å².